The minimum absolute atomic E-state index is 0. The molecule has 0 aromatic rings. The first-order valence-corrected chi connectivity index (χ1v) is 5.15. The maximum Gasteiger partial charge on any atom is 3.00 e. The molecule has 0 atom stereocenters. The van der Waals surface area contributed by atoms with Gasteiger partial charge in [0, 0.05) is 26.4 Å². The molecule has 4 heteroatoms. The molecule has 2 aliphatic rings. The molecule has 0 aromatic carbocycles. The van der Waals surface area contributed by atoms with Crippen LogP contribution in [0.1, 0.15) is 38.5 Å². The molecule has 2 heterocycles. The van der Waals surface area contributed by atoms with Crippen LogP contribution in [0.3, 0.4) is 0 Å². The number of hydrogen-bond donors (Lipinski definition) is 0. The van der Waals surface area contributed by atoms with Gasteiger partial charge in [0.25, 0.3) is 0 Å². The van der Waals surface area contributed by atoms with E-state index in [9.17, 15) is 0 Å². The third kappa shape index (κ3) is 10.8. The Bertz CT molecular complexity index is 61.1. The van der Waals surface area contributed by atoms with Crippen LogP contribution < -0.4 is 12.4 Å². The molecule has 0 aromatic heterocycles. The molecule has 2 saturated heterocycles. The van der Waals surface area contributed by atoms with Crippen molar-refractivity contribution in [2.45, 2.75) is 38.5 Å². The Morgan fingerprint density at radius 1 is 0.500 bits per heavy atom. The fraction of sp³-hybridized carbons (Fsp3) is 1.00. The average Bonchev–Trinajstić information content (AvgIpc) is 2.24. The molecule has 85 valence electrons. The smallest absolute Gasteiger partial charge is 1.00 e. The minimum atomic E-state index is 0. The molecule has 2 nitrogen and oxygen atoms in total. The molecule has 0 aliphatic carbocycles. The molecule has 0 unspecified atom stereocenters. The van der Waals surface area contributed by atoms with Crippen LogP contribution in [0.4, 0.5) is 0 Å². The van der Waals surface area contributed by atoms with Crippen LogP contribution in [0.25, 0.3) is 0 Å². The second-order valence-electron chi connectivity index (χ2n) is 3.35. The van der Waals surface area contributed by atoms with Crippen molar-refractivity contribution in [2.75, 3.05) is 26.4 Å². The second-order valence-corrected chi connectivity index (χ2v) is 3.35. The zero-order chi connectivity index (χ0) is 8.49. The summed E-state index contributed by atoms with van der Waals surface area (Å²) in [5, 5.41) is 0. The third-order valence-corrected chi connectivity index (χ3v) is 2.15. The van der Waals surface area contributed by atoms with Crippen molar-refractivity contribution in [3.8, 4) is 0 Å². The van der Waals surface area contributed by atoms with Gasteiger partial charge >= 0.3 is 17.1 Å². The third-order valence-electron chi connectivity index (χ3n) is 2.15. The Morgan fingerprint density at radius 2 is 0.786 bits per heavy atom. The summed E-state index contributed by atoms with van der Waals surface area (Å²) in [6.45, 7) is 4.00. The maximum atomic E-state index is 5.07. The van der Waals surface area contributed by atoms with E-state index in [1.165, 1.54) is 38.5 Å². The van der Waals surface area contributed by atoms with Gasteiger partial charge in [0.1, 0.15) is 0 Å². The first kappa shape index (κ1) is 17.1. The Balaban J connectivity index is 0. The van der Waals surface area contributed by atoms with Gasteiger partial charge in [0.05, 0.1) is 0 Å². The fourth-order valence-corrected chi connectivity index (χ4v) is 1.37. The number of halogens is 1. The summed E-state index contributed by atoms with van der Waals surface area (Å²) in [5.74, 6) is 0. The van der Waals surface area contributed by atoms with Gasteiger partial charge in [-0.15, -0.1) is 0 Å². The van der Waals surface area contributed by atoms with Gasteiger partial charge in [-0.05, 0) is 38.5 Å². The molecule has 0 spiro atoms. The number of ether oxygens (including phenoxy) is 2. The van der Waals surface area contributed by atoms with Gasteiger partial charge in [0.15, 0.2) is 0 Å². The van der Waals surface area contributed by atoms with E-state index in [-0.39, 0.29) is 29.5 Å². The molecule has 1 radical (unpaired) electrons. The monoisotopic (exact) mass is 263 g/mol. The molecular formula is C10H20ClFeO2+2. The van der Waals surface area contributed by atoms with Crippen molar-refractivity contribution in [1.82, 2.24) is 0 Å². The van der Waals surface area contributed by atoms with Gasteiger partial charge in [-0.25, -0.2) is 0 Å². The molecule has 2 fully saturated rings. The first-order chi connectivity index (χ1) is 6.00. The van der Waals surface area contributed by atoms with E-state index in [0.717, 1.165) is 26.4 Å². The van der Waals surface area contributed by atoms with E-state index in [1.54, 1.807) is 0 Å². The van der Waals surface area contributed by atoms with Crippen LogP contribution in [0, 0.1) is 0 Å². The zero-order valence-electron chi connectivity index (χ0n) is 8.62. The molecule has 2 rings (SSSR count). The zero-order valence-corrected chi connectivity index (χ0v) is 10.5. The van der Waals surface area contributed by atoms with Crippen LogP contribution in [0.5, 0.6) is 0 Å². The normalized spacial score (nSPS) is 20.6. The van der Waals surface area contributed by atoms with Gasteiger partial charge in [-0.3, -0.25) is 0 Å². The van der Waals surface area contributed by atoms with Crippen LogP contribution in [-0.4, -0.2) is 26.4 Å². The summed E-state index contributed by atoms with van der Waals surface area (Å²) >= 11 is 0. The largest absolute Gasteiger partial charge is 3.00 e. The molecule has 2 aliphatic heterocycles. The van der Waals surface area contributed by atoms with Gasteiger partial charge in [-0.1, -0.05) is 0 Å². The molecule has 0 saturated carbocycles. The predicted octanol–water partition coefficient (Wildman–Crippen LogP) is -0.625. The Labute approximate surface area is 104 Å². The summed E-state index contributed by atoms with van der Waals surface area (Å²) in [6.07, 6.45) is 7.86. The Hall–Kier alpha value is 0.729. The first-order valence-electron chi connectivity index (χ1n) is 5.15. The summed E-state index contributed by atoms with van der Waals surface area (Å²) in [6, 6.07) is 0. The van der Waals surface area contributed by atoms with Crippen molar-refractivity contribution in [3.63, 3.8) is 0 Å². The summed E-state index contributed by atoms with van der Waals surface area (Å²) in [4.78, 5) is 0. The standard InChI is InChI=1S/2C5H10O.ClH.Fe/c2*1-2-4-6-5-3-1;;/h2*1-5H2;1H;/q;;;+3/p-1. The van der Waals surface area contributed by atoms with E-state index in [4.69, 9.17) is 9.47 Å². The van der Waals surface area contributed by atoms with Gasteiger partial charge in [-0.2, -0.15) is 0 Å². The van der Waals surface area contributed by atoms with Crippen molar-refractivity contribution >= 4 is 0 Å². The summed E-state index contributed by atoms with van der Waals surface area (Å²) in [7, 11) is 0. The van der Waals surface area contributed by atoms with Crippen molar-refractivity contribution in [1.29, 1.82) is 0 Å². The molecule has 14 heavy (non-hydrogen) atoms. The Kier molecular flexibility index (Phi) is 16.8. The number of hydrogen-bond acceptors (Lipinski definition) is 2. The van der Waals surface area contributed by atoms with E-state index >= 15 is 0 Å². The number of rotatable bonds is 0. The van der Waals surface area contributed by atoms with E-state index in [1.807, 2.05) is 0 Å². The maximum absolute atomic E-state index is 5.07. The quantitative estimate of drug-likeness (QED) is 0.542. The van der Waals surface area contributed by atoms with Gasteiger partial charge in [0.2, 0.25) is 0 Å². The Morgan fingerprint density at radius 3 is 0.857 bits per heavy atom. The predicted molar refractivity (Wildman–Crippen MR) is 49.3 cm³/mol. The molecule has 0 N–H and O–H groups in total. The van der Waals surface area contributed by atoms with Crippen LogP contribution in [-0.2, 0) is 26.5 Å². The van der Waals surface area contributed by atoms with E-state index in [0.29, 0.717) is 0 Å². The van der Waals surface area contributed by atoms with Crippen LogP contribution in [0.2, 0.25) is 0 Å². The van der Waals surface area contributed by atoms with Crippen molar-refractivity contribution < 1.29 is 38.9 Å². The molecular weight excluding hydrogens is 243 g/mol. The molecule has 0 amide bonds. The van der Waals surface area contributed by atoms with Crippen molar-refractivity contribution in [2.24, 2.45) is 0 Å². The van der Waals surface area contributed by atoms with Crippen molar-refractivity contribution in [3.05, 3.63) is 0 Å². The van der Waals surface area contributed by atoms with E-state index < -0.39 is 0 Å². The topological polar surface area (TPSA) is 18.5 Å². The average molecular weight is 264 g/mol. The van der Waals surface area contributed by atoms with E-state index in [2.05, 4.69) is 0 Å². The fourth-order valence-electron chi connectivity index (χ4n) is 1.37. The summed E-state index contributed by atoms with van der Waals surface area (Å²) in [5.41, 5.74) is 0. The summed E-state index contributed by atoms with van der Waals surface area (Å²) < 4.78 is 10.1. The van der Waals surface area contributed by atoms with Crippen LogP contribution >= 0.6 is 0 Å². The SMILES string of the molecule is C1CCOCC1.C1CCOCC1.[Cl-].[Fe+3]. The molecule has 0 bridgehead atoms. The second kappa shape index (κ2) is 13.7. The van der Waals surface area contributed by atoms with Gasteiger partial charge < -0.3 is 21.9 Å². The minimum Gasteiger partial charge on any atom is -1.00 e. The van der Waals surface area contributed by atoms with Crippen LogP contribution in [0.15, 0.2) is 0 Å².